The van der Waals surface area contributed by atoms with Gasteiger partial charge in [0.25, 0.3) is 10.0 Å². The second-order valence-electron chi connectivity index (χ2n) is 9.23. The molecule has 0 spiro atoms. The van der Waals surface area contributed by atoms with E-state index < -0.39 is 45.1 Å². The number of anilines is 1. The van der Waals surface area contributed by atoms with E-state index in [1.807, 2.05) is 0 Å². The zero-order chi connectivity index (χ0) is 27.2. The number of piperazine rings is 1. The third kappa shape index (κ3) is 5.14. The normalized spacial score (nSPS) is 20.2. The summed E-state index contributed by atoms with van der Waals surface area (Å²) in [6.45, 7) is 0.968. The predicted molar refractivity (Wildman–Crippen MR) is 124 cm³/mol. The van der Waals surface area contributed by atoms with Crippen LogP contribution in [0, 0.1) is 5.82 Å². The molecule has 4 rings (SSSR count). The smallest absolute Gasteiger partial charge is 0.376 e. The number of hydrogen-bond acceptors (Lipinski definition) is 5. The number of halogens is 4. The van der Waals surface area contributed by atoms with Crippen LogP contribution in [0.5, 0.6) is 0 Å². The van der Waals surface area contributed by atoms with E-state index in [0.29, 0.717) is 6.92 Å². The Morgan fingerprint density at radius 2 is 1.84 bits per heavy atom. The largest absolute Gasteiger partial charge is 0.421 e. The lowest BCUT2D eigenvalue weighted by Gasteiger charge is -2.39. The average Bonchev–Trinajstić information content (AvgIpc) is 2.83. The van der Waals surface area contributed by atoms with Crippen LogP contribution in [0.3, 0.4) is 0 Å². The lowest BCUT2D eigenvalue weighted by molar-refractivity contribution is -0.258. The molecule has 2 amide bonds. The maximum absolute atomic E-state index is 13.7. The lowest BCUT2D eigenvalue weighted by atomic mass is 9.89. The summed E-state index contributed by atoms with van der Waals surface area (Å²) in [7, 11) is -4.37. The van der Waals surface area contributed by atoms with Crippen molar-refractivity contribution in [2.24, 2.45) is 0 Å². The molecule has 13 heteroatoms. The summed E-state index contributed by atoms with van der Waals surface area (Å²) in [5.74, 6) is -1.44. The van der Waals surface area contributed by atoms with Crippen LogP contribution in [0.2, 0.25) is 0 Å². The van der Waals surface area contributed by atoms with Crippen molar-refractivity contribution in [2.75, 3.05) is 23.9 Å². The summed E-state index contributed by atoms with van der Waals surface area (Å²) in [5, 5.41) is 12.7. The van der Waals surface area contributed by atoms with Gasteiger partial charge in [0.05, 0.1) is 23.2 Å². The van der Waals surface area contributed by atoms with Crippen LogP contribution in [0.1, 0.15) is 30.9 Å². The van der Waals surface area contributed by atoms with Gasteiger partial charge in [0, 0.05) is 19.5 Å². The molecule has 0 saturated carbocycles. The maximum atomic E-state index is 13.7. The molecule has 37 heavy (non-hydrogen) atoms. The Kier molecular flexibility index (Phi) is 6.97. The number of carbonyl (C=O) groups is 2. The monoisotopic (exact) mass is 543 g/mol. The van der Waals surface area contributed by atoms with E-state index in [0.717, 1.165) is 40.7 Å². The second kappa shape index (κ2) is 9.60. The van der Waals surface area contributed by atoms with E-state index in [9.17, 15) is 40.7 Å². The van der Waals surface area contributed by atoms with E-state index >= 15 is 0 Å². The fourth-order valence-electron chi connectivity index (χ4n) is 4.52. The van der Waals surface area contributed by atoms with E-state index in [1.165, 1.54) is 11.0 Å². The number of nitrogens with zero attached hydrogens (tertiary/aromatic N) is 2. The Bertz CT molecular complexity index is 1310. The van der Waals surface area contributed by atoms with Crippen molar-refractivity contribution in [2.45, 2.75) is 48.9 Å². The molecule has 1 saturated heterocycles. The molecule has 2 aromatic rings. The molecule has 0 radical (unpaired) electrons. The van der Waals surface area contributed by atoms with Crippen LogP contribution in [-0.4, -0.2) is 62.1 Å². The van der Waals surface area contributed by atoms with Crippen molar-refractivity contribution in [3.8, 4) is 0 Å². The van der Waals surface area contributed by atoms with Gasteiger partial charge in [0.15, 0.2) is 5.60 Å². The minimum absolute atomic E-state index is 0.0616. The number of carbonyl (C=O) groups excluding carboxylic acids is 2. The first kappa shape index (κ1) is 26.9. The number of sulfonamides is 1. The highest BCUT2D eigenvalue weighted by Gasteiger charge is 2.51. The molecule has 2 unspecified atom stereocenters. The fraction of sp³-hybridized carbons (Fsp3) is 0.417. The molecule has 2 N–H and O–H groups in total. The molecule has 2 aliphatic rings. The molecule has 2 aliphatic heterocycles. The van der Waals surface area contributed by atoms with Crippen LogP contribution in [-0.2, 0) is 31.6 Å². The summed E-state index contributed by atoms with van der Waals surface area (Å²) >= 11 is 0. The molecule has 8 nitrogen and oxygen atoms in total. The van der Waals surface area contributed by atoms with Gasteiger partial charge in [-0.15, -0.1) is 0 Å². The zero-order valence-corrected chi connectivity index (χ0v) is 20.6. The standard InChI is InChI=1S/C24H25F4N3O5S/c1-23(34,24(26,27)28)16-3-9-20-15(12-16)2-6-18(13-22(33)30-11-10-29-21(32)14-30)31(20)37(35,36)19-7-4-17(25)5-8-19/h3-5,7-9,12,18,34H,2,6,10-11,13-14H2,1H3,(H,29,32). The minimum Gasteiger partial charge on any atom is -0.376 e. The van der Waals surface area contributed by atoms with Gasteiger partial charge in [-0.25, -0.2) is 12.8 Å². The molecule has 0 aliphatic carbocycles. The van der Waals surface area contributed by atoms with Crippen LogP contribution in [0.15, 0.2) is 47.4 Å². The SMILES string of the molecule is CC(O)(c1ccc2c(c1)CCC(CC(=O)N1CCNC(=O)C1)N2S(=O)(=O)c1ccc(F)cc1)C(F)(F)F. The molecule has 1 fully saturated rings. The van der Waals surface area contributed by atoms with Crippen molar-refractivity contribution in [1.82, 2.24) is 10.2 Å². The van der Waals surface area contributed by atoms with E-state index in [1.54, 1.807) is 0 Å². The Morgan fingerprint density at radius 3 is 2.46 bits per heavy atom. The molecule has 2 heterocycles. The summed E-state index contributed by atoms with van der Waals surface area (Å²) in [6, 6.07) is 6.44. The summed E-state index contributed by atoms with van der Waals surface area (Å²) in [5.41, 5.74) is -3.31. The second-order valence-corrected chi connectivity index (χ2v) is 11.0. The van der Waals surface area contributed by atoms with Crippen molar-refractivity contribution in [1.29, 1.82) is 0 Å². The highest BCUT2D eigenvalue weighted by atomic mass is 32.2. The van der Waals surface area contributed by atoms with E-state index in [2.05, 4.69) is 5.32 Å². The van der Waals surface area contributed by atoms with Crippen molar-refractivity contribution < 1.29 is 40.7 Å². The number of hydrogen-bond donors (Lipinski definition) is 2. The van der Waals surface area contributed by atoms with Crippen molar-refractivity contribution >= 4 is 27.5 Å². The first-order valence-corrected chi connectivity index (χ1v) is 12.9. The number of rotatable bonds is 5. The van der Waals surface area contributed by atoms with Crippen molar-refractivity contribution in [3.63, 3.8) is 0 Å². The molecule has 0 aromatic heterocycles. The molecular weight excluding hydrogens is 518 g/mol. The van der Waals surface area contributed by atoms with Crippen molar-refractivity contribution in [3.05, 3.63) is 59.4 Å². The Labute approximate surface area is 210 Å². The van der Waals surface area contributed by atoms with E-state index in [4.69, 9.17) is 0 Å². The van der Waals surface area contributed by atoms with Gasteiger partial charge in [0.1, 0.15) is 5.82 Å². The van der Waals surface area contributed by atoms with Gasteiger partial charge >= 0.3 is 6.18 Å². The fourth-order valence-corrected chi connectivity index (χ4v) is 6.23. The Balaban J connectivity index is 1.75. The molecule has 2 atom stereocenters. The zero-order valence-electron chi connectivity index (χ0n) is 19.8. The highest BCUT2D eigenvalue weighted by Crippen LogP contribution is 2.43. The van der Waals surface area contributed by atoms with Gasteiger partial charge in [-0.05, 0) is 61.2 Å². The molecule has 2 aromatic carbocycles. The van der Waals surface area contributed by atoms with Crippen LogP contribution in [0.25, 0.3) is 0 Å². The number of alkyl halides is 3. The summed E-state index contributed by atoms with van der Waals surface area (Å²) < 4.78 is 82.2. The highest BCUT2D eigenvalue weighted by molar-refractivity contribution is 7.92. The molecule has 0 bridgehead atoms. The topological polar surface area (TPSA) is 107 Å². The summed E-state index contributed by atoms with van der Waals surface area (Å²) in [4.78, 5) is 25.8. The summed E-state index contributed by atoms with van der Waals surface area (Å²) in [6.07, 6.45) is -5.00. The number of aryl methyl sites for hydroxylation is 1. The molecular formula is C24H25F4N3O5S. The van der Waals surface area contributed by atoms with Crippen LogP contribution in [0.4, 0.5) is 23.2 Å². The minimum atomic E-state index is -4.97. The van der Waals surface area contributed by atoms with Gasteiger partial charge in [-0.1, -0.05) is 12.1 Å². The first-order chi connectivity index (χ1) is 17.2. The third-order valence-corrected chi connectivity index (χ3v) is 8.56. The van der Waals surface area contributed by atoms with Gasteiger partial charge < -0.3 is 15.3 Å². The van der Waals surface area contributed by atoms with Gasteiger partial charge in [-0.3, -0.25) is 13.9 Å². The maximum Gasteiger partial charge on any atom is 0.421 e. The lowest BCUT2D eigenvalue weighted by Crippen LogP contribution is -2.52. The predicted octanol–water partition coefficient (Wildman–Crippen LogP) is 2.45. The number of fused-ring (bicyclic) bond motifs is 1. The average molecular weight is 544 g/mol. The van der Waals surface area contributed by atoms with E-state index in [-0.39, 0.29) is 61.0 Å². The van der Waals surface area contributed by atoms with Crippen LogP contribution >= 0.6 is 0 Å². The van der Waals surface area contributed by atoms with Gasteiger partial charge in [-0.2, -0.15) is 13.2 Å². The number of aliphatic hydroxyl groups is 1. The number of amides is 2. The number of nitrogens with one attached hydrogen (secondary N) is 1. The first-order valence-electron chi connectivity index (χ1n) is 11.5. The Morgan fingerprint density at radius 1 is 1.16 bits per heavy atom. The quantitative estimate of drug-likeness (QED) is 0.564. The van der Waals surface area contributed by atoms with Crippen LogP contribution < -0.4 is 9.62 Å². The Hall–Kier alpha value is -3.19. The molecule has 200 valence electrons. The number of benzene rings is 2. The van der Waals surface area contributed by atoms with Gasteiger partial charge in [0.2, 0.25) is 11.8 Å². The third-order valence-electron chi connectivity index (χ3n) is 6.68.